The lowest BCUT2D eigenvalue weighted by molar-refractivity contribution is 0.0619. The molecule has 1 fully saturated rings. The molecule has 2 aromatic carbocycles. The number of halogens is 3. The number of carbonyl (C=O) groups excluding carboxylic acids is 1. The van der Waals surface area contributed by atoms with Crippen molar-refractivity contribution in [3.63, 3.8) is 0 Å². The van der Waals surface area contributed by atoms with E-state index in [1.165, 1.54) is 24.5 Å². The summed E-state index contributed by atoms with van der Waals surface area (Å²) >= 11 is 18.4. The summed E-state index contributed by atoms with van der Waals surface area (Å²) in [6.45, 7) is 7.02. The number of aryl methyl sites for hydroxylation is 2. The van der Waals surface area contributed by atoms with E-state index in [2.05, 4.69) is 11.0 Å². The van der Waals surface area contributed by atoms with E-state index in [4.69, 9.17) is 44.0 Å². The van der Waals surface area contributed by atoms with Crippen molar-refractivity contribution in [1.29, 1.82) is 0 Å². The van der Waals surface area contributed by atoms with Crippen molar-refractivity contribution >= 4 is 40.7 Å². The number of carbonyl (C=O) groups is 1. The maximum absolute atomic E-state index is 12.9. The molecule has 0 N–H and O–H groups in total. The van der Waals surface area contributed by atoms with Crippen LogP contribution in [0.2, 0.25) is 15.1 Å². The van der Waals surface area contributed by atoms with E-state index >= 15 is 0 Å². The third kappa shape index (κ3) is 6.39. The highest BCUT2D eigenvalue weighted by atomic mass is 35.5. The fourth-order valence-electron chi connectivity index (χ4n) is 4.17. The topological polar surface area (TPSA) is 63.0 Å². The Morgan fingerprint density at radius 3 is 2.17 bits per heavy atom. The summed E-state index contributed by atoms with van der Waals surface area (Å²) < 4.78 is 11.4. The molecule has 2 heterocycles. The van der Waals surface area contributed by atoms with Gasteiger partial charge in [0.1, 0.15) is 18.6 Å². The van der Waals surface area contributed by atoms with Gasteiger partial charge in [-0.25, -0.2) is 0 Å². The van der Waals surface area contributed by atoms with Gasteiger partial charge in [-0.15, -0.1) is 0 Å². The van der Waals surface area contributed by atoms with Crippen molar-refractivity contribution in [2.75, 3.05) is 26.2 Å². The summed E-state index contributed by atoms with van der Waals surface area (Å²) in [5, 5.41) is 0.845. The van der Waals surface area contributed by atoms with Crippen molar-refractivity contribution in [2.24, 2.45) is 0 Å². The summed E-state index contributed by atoms with van der Waals surface area (Å²) in [6, 6.07) is 10.6. The first-order chi connectivity index (χ1) is 16.7. The zero-order chi connectivity index (χ0) is 25.1. The standard InChI is InChI=1S/C26H25Cl3N2O4/c1-16-7-17(2)9-18(8-16)14-35-24-15-34-20(12-23(24)32)13-30-3-5-31(6-4-30)26(33)25-21(28)10-19(27)11-22(25)29/h7-12,15H,3-6,13-14H2,1-2H3. The number of rotatable bonds is 6. The molecule has 184 valence electrons. The van der Waals surface area contributed by atoms with E-state index in [0.29, 0.717) is 50.1 Å². The second-order valence-electron chi connectivity index (χ2n) is 8.67. The SMILES string of the molecule is Cc1cc(C)cc(COc2coc(CN3CCN(C(=O)c4c(Cl)cc(Cl)cc4Cl)CC3)cc2=O)c1. The largest absolute Gasteiger partial charge is 0.482 e. The quantitative estimate of drug-likeness (QED) is 0.402. The van der Waals surface area contributed by atoms with Crippen molar-refractivity contribution in [2.45, 2.75) is 27.0 Å². The van der Waals surface area contributed by atoms with Crippen LogP contribution in [0, 0.1) is 13.8 Å². The predicted molar refractivity (Wildman–Crippen MR) is 138 cm³/mol. The molecule has 3 aromatic rings. The third-order valence-electron chi connectivity index (χ3n) is 5.79. The fraction of sp³-hybridized carbons (Fsp3) is 0.308. The van der Waals surface area contributed by atoms with Crippen molar-refractivity contribution in [3.8, 4) is 5.75 Å². The monoisotopic (exact) mass is 534 g/mol. The van der Waals surface area contributed by atoms with Crippen molar-refractivity contribution < 1.29 is 13.9 Å². The molecule has 35 heavy (non-hydrogen) atoms. The van der Waals surface area contributed by atoms with Gasteiger partial charge in [0.25, 0.3) is 5.91 Å². The second kappa shape index (κ2) is 11.0. The van der Waals surface area contributed by atoms with Gasteiger partial charge in [-0.2, -0.15) is 0 Å². The Bertz CT molecular complexity index is 1260. The zero-order valence-electron chi connectivity index (χ0n) is 19.4. The fourth-order valence-corrected chi connectivity index (χ4v) is 5.15. The highest BCUT2D eigenvalue weighted by Crippen LogP contribution is 2.30. The highest BCUT2D eigenvalue weighted by Gasteiger charge is 2.26. The number of nitrogens with zero attached hydrogens (tertiary/aromatic N) is 2. The zero-order valence-corrected chi connectivity index (χ0v) is 21.7. The minimum absolute atomic E-state index is 0.181. The van der Waals surface area contributed by atoms with E-state index in [1.54, 1.807) is 4.90 Å². The molecule has 9 heteroatoms. The molecule has 1 aliphatic rings. The highest BCUT2D eigenvalue weighted by molar-refractivity contribution is 6.42. The molecule has 0 spiro atoms. The van der Waals surface area contributed by atoms with Crippen LogP contribution in [0.3, 0.4) is 0 Å². The molecule has 0 atom stereocenters. The van der Waals surface area contributed by atoms with E-state index in [0.717, 1.165) is 16.7 Å². The Hall–Kier alpha value is -2.51. The number of amides is 1. The van der Waals surface area contributed by atoms with Crippen molar-refractivity contribution in [3.05, 3.63) is 96.0 Å². The molecule has 0 saturated carbocycles. The van der Waals surface area contributed by atoms with Gasteiger partial charge >= 0.3 is 0 Å². The maximum Gasteiger partial charge on any atom is 0.256 e. The number of hydrogen-bond donors (Lipinski definition) is 0. The van der Waals surface area contributed by atoms with Crippen LogP contribution in [0.1, 0.15) is 32.8 Å². The second-order valence-corrected chi connectivity index (χ2v) is 9.92. The van der Waals surface area contributed by atoms with E-state index in [-0.39, 0.29) is 32.7 Å². The van der Waals surface area contributed by atoms with Gasteiger partial charge in [0.15, 0.2) is 0 Å². The molecule has 1 aromatic heterocycles. The van der Waals surface area contributed by atoms with Gasteiger partial charge in [0.05, 0.1) is 22.2 Å². The first-order valence-corrected chi connectivity index (χ1v) is 12.3. The lowest BCUT2D eigenvalue weighted by Gasteiger charge is -2.34. The minimum Gasteiger partial charge on any atom is -0.482 e. The number of ether oxygens (including phenoxy) is 1. The lowest BCUT2D eigenvalue weighted by Crippen LogP contribution is -2.48. The van der Waals surface area contributed by atoms with Crippen LogP contribution in [-0.2, 0) is 13.2 Å². The van der Waals surface area contributed by atoms with Crippen LogP contribution >= 0.6 is 34.8 Å². The van der Waals surface area contributed by atoms with Gasteiger partial charge in [-0.05, 0) is 31.5 Å². The molecule has 4 rings (SSSR count). The van der Waals surface area contributed by atoms with Crippen LogP contribution < -0.4 is 10.2 Å². The Kier molecular flexibility index (Phi) is 8.07. The van der Waals surface area contributed by atoms with Gasteiger partial charge in [0.2, 0.25) is 11.2 Å². The summed E-state index contributed by atoms with van der Waals surface area (Å²) in [5.74, 6) is 0.491. The minimum atomic E-state index is -0.229. The Balaban J connectivity index is 1.32. The molecule has 6 nitrogen and oxygen atoms in total. The van der Waals surface area contributed by atoms with Gasteiger partial charge in [0, 0.05) is 37.3 Å². The normalized spacial score (nSPS) is 14.3. The molecule has 1 amide bonds. The molecule has 0 bridgehead atoms. The van der Waals surface area contributed by atoms with Crippen molar-refractivity contribution in [1.82, 2.24) is 9.80 Å². The van der Waals surface area contributed by atoms with Crippen LogP contribution in [0.5, 0.6) is 5.75 Å². The average molecular weight is 536 g/mol. The van der Waals surface area contributed by atoms with Gasteiger partial charge in [-0.1, -0.05) is 64.1 Å². The number of benzene rings is 2. The summed E-state index contributed by atoms with van der Waals surface area (Å²) in [5.41, 5.74) is 3.32. The third-order valence-corrected chi connectivity index (χ3v) is 6.60. The lowest BCUT2D eigenvalue weighted by atomic mass is 10.1. The smallest absolute Gasteiger partial charge is 0.256 e. The van der Waals surface area contributed by atoms with Crippen LogP contribution in [-0.4, -0.2) is 41.9 Å². The molecular weight excluding hydrogens is 511 g/mol. The van der Waals surface area contributed by atoms with Gasteiger partial charge in [-0.3, -0.25) is 14.5 Å². The summed E-state index contributed by atoms with van der Waals surface area (Å²) in [7, 11) is 0. The molecule has 1 aliphatic heterocycles. The summed E-state index contributed by atoms with van der Waals surface area (Å²) in [4.78, 5) is 29.3. The Morgan fingerprint density at radius 2 is 1.57 bits per heavy atom. The molecule has 0 aliphatic carbocycles. The summed E-state index contributed by atoms with van der Waals surface area (Å²) in [6.07, 6.45) is 1.37. The van der Waals surface area contributed by atoms with E-state index in [9.17, 15) is 9.59 Å². The molecule has 1 saturated heterocycles. The van der Waals surface area contributed by atoms with Gasteiger partial charge < -0.3 is 14.1 Å². The Morgan fingerprint density at radius 1 is 0.943 bits per heavy atom. The molecule has 0 radical (unpaired) electrons. The van der Waals surface area contributed by atoms with E-state index in [1.807, 2.05) is 26.0 Å². The van der Waals surface area contributed by atoms with Crippen LogP contribution in [0.25, 0.3) is 0 Å². The first kappa shape index (κ1) is 25.6. The van der Waals surface area contributed by atoms with E-state index < -0.39 is 0 Å². The average Bonchev–Trinajstić information content (AvgIpc) is 2.77. The van der Waals surface area contributed by atoms with Crippen LogP contribution in [0.15, 0.2) is 51.9 Å². The predicted octanol–water partition coefficient (Wildman–Crippen LogP) is 5.75. The molecule has 0 unspecified atom stereocenters. The van der Waals surface area contributed by atoms with Crippen LogP contribution in [0.4, 0.5) is 0 Å². The first-order valence-electron chi connectivity index (χ1n) is 11.2. The Labute approximate surface area is 218 Å². The maximum atomic E-state index is 12.9. The number of piperazine rings is 1. The number of hydrogen-bond acceptors (Lipinski definition) is 5. The molecular formula is C26H25Cl3N2O4.